The molecular weight excluding hydrogens is 257 g/mol. The number of nitrogens with one attached hydrogen (secondary N) is 1. The van der Waals surface area contributed by atoms with Crippen LogP contribution in [0.2, 0.25) is 0 Å². The molecule has 5 heteroatoms. The fourth-order valence-electron chi connectivity index (χ4n) is 2.09. The average Bonchev–Trinajstić information content (AvgIpc) is 3.31. The van der Waals surface area contributed by atoms with Gasteiger partial charge in [-0.05, 0) is 25.0 Å². The molecule has 0 bridgehead atoms. The van der Waals surface area contributed by atoms with E-state index in [2.05, 4.69) is 15.3 Å². The molecule has 4 nitrogen and oxygen atoms in total. The highest BCUT2D eigenvalue weighted by atomic mass is 19.1. The number of nitrogens with zero attached hydrogens (tertiary/aromatic N) is 2. The van der Waals surface area contributed by atoms with Crippen LogP contribution in [0.5, 0.6) is 5.75 Å². The maximum Gasteiger partial charge on any atom is 0.136 e. The van der Waals surface area contributed by atoms with E-state index < -0.39 is 0 Å². The number of benzene rings is 1. The third kappa shape index (κ3) is 2.43. The number of aromatic nitrogens is 2. The summed E-state index contributed by atoms with van der Waals surface area (Å²) in [5.74, 6) is 2.08. The van der Waals surface area contributed by atoms with Gasteiger partial charge >= 0.3 is 0 Å². The number of methoxy groups -OCH3 is 1. The van der Waals surface area contributed by atoms with E-state index in [0.29, 0.717) is 28.7 Å². The van der Waals surface area contributed by atoms with E-state index in [1.807, 2.05) is 0 Å². The van der Waals surface area contributed by atoms with Crippen LogP contribution in [0.4, 0.5) is 10.2 Å². The largest absolute Gasteiger partial charge is 0.497 e. The molecule has 3 rings (SSSR count). The van der Waals surface area contributed by atoms with Gasteiger partial charge in [-0.3, -0.25) is 0 Å². The summed E-state index contributed by atoms with van der Waals surface area (Å²) in [4.78, 5) is 8.93. The maximum atomic E-state index is 14.1. The Balaban J connectivity index is 2.06. The van der Waals surface area contributed by atoms with Crippen molar-refractivity contribution in [2.24, 2.45) is 0 Å². The van der Waals surface area contributed by atoms with Crippen LogP contribution >= 0.6 is 0 Å². The molecule has 0 amide bonds. The molecule has 0 radical (unpaired) electrons. The fraction of sp³-hybridized carbons (Fsp3) is 0.333. The van der Waals surface area contributed by atoms with Crippen LogP contribution in [0, 0.1) is 5.82 Å². The molecule has 0 spiro atoms. The predicted octanol–water partition coefficient (Wildman–Crippen LogP) is 3.21. The van der Waals surface area contributed by atoms with Gasteiger partial charge in [-0.2, -0.15) is 0 Å². The van der Waals surface area contributed by atoms with Gasteiger partial charge in [-0.25, -0.2) is 14.4 Å². The van der Waals surface area contributed by atoms with Crippen molar-refractivity contribution in [3.63, 3.8) is 0 Å². The lowest BCUT2D eigenvalue weighted by molar-refractivity contribution is 0.411. The number of rotatable bonds is 4. The Morgan fingerprint density at radius 1 is 1.25 bits per heavy atom. The number of ether oxygens (including phenoxy) is 1. The van der Waals surface area contributed by atoms with Crippen molar-refractivity contribution < 1.29 is 9.13 Å². The Kier molecular flexibility index (Phi) is 3.26. The Bertz CT molecular complexity index is 641. The number of hydrogen-bond acceptors (Lipinski definition) is 4. The van der Waals surface area contributed by atoms with Gasteiger partial charge < -0.3 is 10.1 Å². The first-order valence-corrected chi connectivity index (χ1v) is 6.62. The standard InChI is InChI=1S/C15H16FN3O/c1-17-14-8-13(18-15(19-14)9-3-4-9)11-6-5-10(20-2)7-12(11)16/h5-9H,3-4H2,1-2H3,(H,17,18,19). The molecule has 1 N–H and O–H groups in total. The highest BCUT2D eigenvalue weighted by molar-refractivity contribution is 5.64. The van der Waals surface area contributed by atoms with E-state index in [4.69, 9.17) is 4.74 Å². The zero-order valence-corrected chi connectivity index (χ0v) is 11.5. The van der Waals surface area contributed by atoms with Crippen LogP contribution < -0.4 is 10.1 Å². The number of halogens is 1. The lowest BCUT2D eigenvalue weighted by Gasteiger charge is -2.09. The second-order valence-electron chi connectivity index (χ2n) is 4.87. The Morgan fingerprint density at radius 2 is 2.05 bits per heavy atom. The Hall–Kier alpha value is -2.17. The van der Waals surface area contributed by atoms with Gasteiger partial charge in [0.1, 0.15) is 23.2 Å². The molecule has 1 aliphatic rings. The van der Waals surface area contributed by atoms with Crippen LogP contribution in [0.15, 0.2) is 24.3 Å². The van der Waals surface area contributed by atoms with Gasteiger partial charge in [0.25, 0.3) is 0 Å². The summed E-state index contributed by atoms with van der Waals surface area (Å²) in [6, 6.07) is 6.55. The van der Waals surface area contributed by atoms with Crippen molar-refractivity contribution in [1.29, 1.82) is 0 Å². The van der Waals surface area contributed by atoms with Crippen molar-refractivity contribution in [2.45, 2.75) is 18.8 Å². The first-order valence-electron chi connectivity index (χ1n) is 6.62. The summed E-state index contributed by atoms with van der Waals surface area (Å²) < 4.78 is 19.2. The molecule has 1 aromatic carbocycles. The molecule has 1 aromatic heterocycles. The van der Waals surface area contributed by atoms with Gasteiger partial charge in [0.2, 0.25) is 0 Å². The second-order valence-corrected chi connectivity index (χ2v) is 4.87. The minimum absolute atomic E-state index is 0.341. The van der Waals surface area contributed by atoms with Crippen LogP contribution in [0.25, 0.3) is 11.3 Å². The van der Waals surface area contributed by atoms with E-state index >= 15 is 0 Å². The van der Waals surface area contributed by atoms with Crippen molar-refractivity contribution >= 4 is 5.82 Å². The maximum absolute atomic E-state index is 14.1. The van der Waals surface area contributed by atoms with Gasteiger partial charge in [0.15, 0.2) is 0 Å². The molecule has 20 heavy (non-hydrogen) atoms. The minimum atomic E-state index is -0.341. The van der Waals surface area contributed by atoms with E-state index in [-0.39, 0.29) is 5.82 Å². The van der Waals surface area contributed by atoms with Crippen molar-refractivity contribution in [2.75, 3.05) is 19.5 Å². The molecule has 1 heterocycles. The molecule has 0 saturated heterocycles. The minimum Gasteiger partial charge on any atom is -0.497 e. The third-order valence-electron chi connectivity index (χ3n) is 3.39. The molecule has 1 fully saturated rings. The van der Waals surface area contributed by atoms with E-state index in [1.165, 1.54) is 13.2 Å². The summed E-state index contributed by atoms with van der Waals surface area (Å²) in [5, 5.41) is 3.00. The van der Waals surface area contributed by atoms with Crippen molar-refractivity contribution in [3.8, 4) is 17.0 Å². The predicted molar refractivity (Wildman–Crippen MR) is 75.5 cm³/mol. The smallest absolute Gasteiger partial charge is 0.136 e. The highest BCUT2D eigenvalue weighted by Gasteiger charge is 2.27. The Morgan fingerprint density at radius 3 is 2.65 bits per heavy atom. The zero-order valence-electron chi connectivity index (χ0n) is 11.5. The van der Waals surface area contributed by atoms with Crippen LogP contribution in [0.1, 0.15) is 24.6 Å². The second kappa shape index (κ2) is 5.07. The average molecular weight is 273 g/mol. The van der Waals surface area contributed by atoms with Gasteiger partial charge in [-0.15, -0.1) is 0 Å². The first kappa shape index (κ1) is 12.8. The lowest BCUT2D eigenvalue weighted by Crippen LogP contribution is -2.01. The zero-order chi connectivity index (χ0) is 14.1. The van der Waals surface area contributed by atoms with Crippen LogP contribution in [-0.2, 0) is 0 Å². The SMILES string of the molecule is CNc1cc(-c2ccc(OC)cc2F)nc(C2CC2)n1. The lowest BCUT2D eigenvalue weighted by atomic mass is 10.1. The molecule has 0 aliphatic heterocycles. The van der Waals surface area contributed by atoms with Crippen molar-refractivity contribution in [3.05, 3.63) is 35.9 Å². The summed E-state index contributed by atoms with van der Waals surface area (Å²) in [5.41, 5.74) is 1.07. The Labute approximate surface area is 117 Å². The summed E-state index contributed by atoms with van der Waals surface area (Å²) in [7, 11) is 3.32. The summed E-state index contributed by atoms with van der Waals surface area (Å²) in [6.07, 6.45) is 2.22. The summed E-state index contributed by atoms with van der Waals surface area (Å²) >= 11 is 0. The molecule has 104 valence electrons. The molecule has 2 aromatic rings. The van der Waals surface area contributed by atoms with Gasteiger partial charge in [-0.1, -0.05) is 0 Å². The monoisotopic (exact) mass is 273 g/mol. The van der Waals surface area contributed by atoms with Gasteiger partial charge in [0, 0.05) is 30.7 Å². The number of anilines is 1. The van der Waals surface area contributed by atoms with E-state index in [1.54, 1.807) is 25.2 Å². The quantitative estimate of drug-likeness (QED) is 0.929. The molecule has 0 unspecified atom stereocenters. The van der Waals surface area contributed by atoms with Crippen LogP contribution in [0.3, 0.4) is 0 Å². The first-order chi connectivity index (χ1) is 9.71. The van der Waals surface area contributed by atoms with Gasteiger partial charge in [0.05, 0.1) is 12.8 Å². The number of hydrogen-bond donors (Lipinski definition) is 1. The fourth-order valence-corrected chi connectivity index (χ4v) is 2.09. The topological polar surface area (TPSA) is 47.0 Å². The van der Waals surface area contributed by atoms with Crippen LogP contribution in [-0.4, -0.2) is 24.1 Å². The normalized spacial score (nSPS) is 14.2. The highest BCUT2D eigenvalue weighted by Crippen LogP contribution is 2.39. The molecule has 0 atom stereocenters. The van der Waals surface area contributed by atoms with E-state index in [0.717, 1.165) is 18.7 Å². The van der Waals surface area contributed by atoms with Crippen molar-refractivity contribution in [1.82, 2.24) is 9.97 Å². The summed E-state index contributed by atoms with van der Waals surface area (Å²) in [6.45, 7) is 0. The molecule has 1 aliphatic carbocycles. The van der Waals surface area contributed by atoms with E-state index in [9.17, 15) is 4.39 Å². The third-order valence-corrected chi connectivity index (χ3v) is 3.39. The molecule has 1 saturated carbocycles. The molecular formula is C15H16FN3O.